The van der Waals surface area contributed by atoms with Crippen LogP contribution in [0, 0.1) is 16.7 Å². The monoisotopic (exact) mass is 443 g/mol. The number of methoxy groups -OCH3 is 1. The second-order valence-electron chi connectivity index (χ2n) is 8.06. The molecule has 0 aliphatic heterocycles. The SMILES string of the molecule is CCNC(=O)CC.COc1cccc2[nH]c(C(=O)NC(C(=O)NCC#N)C(C)(C)C)cc12. The molecule has 3 amide bonds. The maximum absolute atomic E-state index is 12.6. The van der Waals surface area contributed by atoms with Crippen LogP contribution in [0.2, 0.25) is 0 Å². The van der Waals surface area contributed by atoms with Gasteiger partial charge in [-0.15, -0.1) is 0 Å². The molecule has 0 aliphatic rings. The molecular weight excluding hydrogens is 410 g/mol. The van der Waals surface area contributed by atoms with E-state index in [1.807, 2.05) is 58.9 Å². The van der Waals surface area contributed by atoms with Crippen molar-refractivity contribution in [2.45, 2.75) is 47.1 Å². The highest BCUT2D eigenvalue weighted by molar-refractivity contribution is 6.01. The molecule has 0 saturated heterocycles. The number of nitrogens with one attached hydrogen (secondary N) is 4. The number of aromatic nitrogens is 1. The number of H-pyrrole nitrogens is 1. The van der Waals surface area contributed by atoms with Crippen molar-refractivity contribution in [3.05, 3.63) is 30.0 Å². The number of nitriles is 1. The highest BCUT2D eigenvalue weighted by atomic mass is 16.5. The van der Waals surface area contributed by atoms with Crippen LogP contribution in [0.5, 0.6) is 5.75 Å². The Labute approximate surface area is 188 Å². The summed E-state index contributed by atoms with van der Waals surface area (Å²) in [6.45, 7) is 9.92. The van der Waals surface area contributed by atoms with Crippen LogP contribution in [-0.2, 0) is 9.59 Å². The number of nitrogens with zero attached hydrogens (tertiary/aromatic N) is 1. The van der Waals surface area contributed by atoms with Gasteiger partial charge in [0.25, 0.3) is 5.91 Å². The van der Waals surface area contributed by atoms with Gasteiger partial charge in [0.05, 0.1) is 13.2 Å². The van der Waals surface area contributed by atoms with Gasteiger partial charge in [-0.3, -0.25) is 14.4 Å². The highest BCUT2D eigenvalue weighted by Gasteiger charge is 2.33. The third-order valence-corrected chi connectivity index (χ3v) is 4.53. The number of carbonyl (C=O) groups excluding carboxylic acids is 3. The van der Waals surface area contributed by atoms with E-state index in [9.17, 15) is 14.4 Å². The fourth-order valence-electron chi connectivity index (χ4n) is 2.86. The van der Waals surface area contributed by atoms with Crippen molar-refractivity contribution in [1.29, 1.82) is 5.26 Å². The molecule has 32 heavy (non-hydrogen) atoms. The minimum atomic E-state index is -0.776. The topological polar surface area (TPSA) is 136 Å². The standard InChI is InChI=1S/C18H22N4O3.C5H11NO/c1-18(2,3)15(17(24)20-9-8-19)22-16(23)13-10-11-12(21-13)6-5-7-14(11)25-4;1-3-5(7)6-4-2/h5-7,10,15,21H,9H2,1-4H3,(H,20,24)(H,22,23);3-4H2,1-2H3,(H,6,7). The maximum atomic E-state index is 12.6. The molecule has 0 saturated carbocycles. The Bertz CT molecular complexity index is 969. The summed E-state index contributed by atoms with van der Waals surface area (Å²) in [7, 11) is 1.57. The summed E-state index contributed by atoms with van der Waals surface area (Å²) in [5, 5.41) is 17.3. The largest absolute Gasteiger partial charge is 0.496 e. The molecule has 0 aliphatic carbocycles. The quantitative estimate of drug-likeness (QED) is 0.488. The number of hydrogen-bond acceptors (Lipinski definition) is 5. The smallest absolute Gasteiger partial charge is 0.268 e. The first-order valence-electron chi connectivity index (χ1n) is 10.5. The van der Waals surface area contributed by atoms with Crippen molar-refractivity contribution in [2.75, 3.05) is 20.2 Å². The molecule has 0 spiro atoms. The Hall–Kier alpha value is -3.54. The Kier molecular flexibility index (Phi) is 10.2. The van der Waals surface area contributed by atoms with Crippen LogP contribution in [0.1, 0.15) is 51.5 Å². The van der Waals surface area contributed by atoms with E-state index in [0.29, 0.717) is 17.9 Å². The van der Waals surface area contributed by atoms with E-state index in [1.165, 1.54) is 0 Å². The highest BCUT2D eigenvalue weighted by Crippen LogP contribution is 2.26. The molecule has 1 heterocycles. The fourth-order valence-corrected chi connectivity index (χ4v) is 2.86. The molecule has 2 rings (SSSR count). The van der Waals surface area contributed by atoms with Gasteiger partial charge in [-0.1, -0.05) is 33.8 Å². The van der Waals surface area contributed by atoms with Gasteiger partial charge in [-0.05, 0) is 30.5 Å². The molecule has 174 valence electrons. The summed E-state index contributed by atoms with van der Waals surface area (Å²) in [4.78, 5) is 38.2. The van der Waals surface area contributed by atoms with E-state index in [4.69, 9.17) is 10.00 Å². The van der Waals surface area contributed by atoms with Crippen LogP contribution < -0.4 is 20.7 Å². The number of benzene rings is 1. The van der Waals surface area contributed by atoms with Crippen LogP contribution in [0.15, 0.2) is 24.3 Å². The molecule has 1 aromatic heterocycles. The second-order valence-corrected chi connectivity index (χ2v) is 8.06. The number of fused-ring (bicyclic) bond motifs is 1. The van der Waals surface area contributed by atoms with Crippen LogP contribution in [0.4, 0.5) is 0 Å². The van der Waals surface area contributed by atoms with Gasteiger partial charge < -0.3 is 25.7 Å². The first-order chi connectivity index (χ1) is 15.1. The minimum Gasteiger partial charge on any atom is -0.496 e. The normalized spacial score (nSPS) is 11.4. The van der Waals surface area contributed by atoms with E-state index >= 15 is 0 Å². The fraction of sp³-hybridized carbons (Fsp3) is 0.478. The molecule has 1 aromatic carbocycles. The van der Waals surface area contributed by atoms with Gasteiger partial charge in [-0.2, -0.15) is 5.26 Å². The third kappa shape index (κ3) is 7.61. The van der Waals surface area contributed by atoms with Gasteiger partial charge in [0.1, 0.15) is 24.0 Å². The van der Waals surface area contributed by atoms with Crippen molar-refractivity contribution in [2.24, 2.45) is 5.41 Å². The number of carbonyl (C=O) groups is 3. The minimum absolute atomic E-state index is 0.106. The van der Waals surface area contributed by atoms with E-state index < -0.39 is 23.3 Å². The lowest BCUT2D eigenvalue weighted by Gasteiger charge is -2.29. The van der Waals surface area contributed by atoms with Gasteiger partial charge >= 0.3 is 0 Å². The summed E-state index contributed by atoms with van der Waals surface area (Å²) in [5.74, 6) is -0.00388. The molecule has 2 aromatic rings. The molecule has 9 heteroatoms. The lowest BCUT2D eigenvalue weighted by atomic mass is 9.86. The summed E-state index contributed by atoms with van der Waals surface area (Å²) < 4.78 is 5.29. The summed E-state index contributed by atoms with van der Waals surface area (Å²) in [6, 6.07) is 8.25. The second kappa shape index (κ2) is 12.3. The van der Waals surface area contributed by atoms with E-state index in [0.717, 1.165) is 17.4 Å². The van der Waals surface area contributed by atoms with Crippen LogP contribution in [0.25, 0.3) is 10.9 Å². The van der Waals surface area contributed by atoms with Gasteiger partial charge in [0.15, 0.2) is 0 Å². The number of aromatic amines is 1. The van der Waals surface area contributed by atoms with Gasteiger partial charge in [0.2, 0.25) is 11.8 Å². The van der Waals surface area contributed by atoms with Crippen molar-refractivity contribution in [3.63, 3.8) is 0 Å². The average molecular weight is 444 g/mol. The maximum Gasteiger partial charge on any atom is 0.268 e. The zero-order valence-electron chi connectivity index (χ0n) is 19.6. The van der Waals surface area contributed by atoms with Crippen LogP contribution >= 0.6 is 0 Å². The Morgan fingerprint density at radius 2 is 1.88 bits per heavy atom. The number of rotatable bonds is 7. The average Bonchev–Trinajstić information content (AvgIpc) is 3.20. The molecule has 1 atom stereocenters. The van der Waals surface area contributed by atoms with Gasteiger partial charge in [-0.25, -0.2) is 0 Å². The zero-order valence-corrected chi connectivity index (χ0v) is 19.6. The summed E-state index contributed by atoms with van der Waals surface area (Å²) in [5.41, 5.74) is 0.589. The first kappa shape index (κ1) is 26.5. The molecule has 0 fully saturated rings. The Balaban J connectivity index is 0.000000633. The molecule has 1 unspecified atom stereocenters. The third-order valence-electron chi connectivity index (χ3n) is 4.53. The molecule has 9 nitrogen and oxygen atoms in total. The number of amides is 3. The van der Waals surface area contributed by atoms with Crippen LogP contribution in [-0.4, -0.2) is 48.9 Å². The van der Waals surface area contributed by atoms with Crippen molar-refractivity contribution >= 4 is 28.6 Å². The lowest BCUT2D eigenvalue weighted by molar-refractivity contribution is -0.125. The summed E-state index contributed by atoms with van der Waals surface area (Å²) >= 11 is 0. The summed E-state index contributed by atoms with van der Waals surface area (Å²) in [6.07, 6.45) is 0.591. The zero-order chi connectivity index (χ0) is 24.3. The molecule has 0 bridgehead atoms. The first-order valence-corrected chi connectivity index (χ1v) is 10.5. The Morgan fingerprint density at radius 1 is 1.19 bits per heavy atom. The van der Waals surface area contributed by atoms with Gasteiger partial charge in [0, 0.05) is 23.9 Å². The van der Waals surface area contributed by atoms with Crippen molar-refractivity contribution in [3.8, 4) is 11.8 Å². The van der Waals surface area contributed by atoms with E-state index in [1.54, 1.807) is 13.2 Å². The number of ether oxygens (including phenoxy) is 1. The molecular formula is C23H33N5O4. The van der Waals surface area contributed by atoms with E-state index in [-0.39, 0.29) is 12.5 Å². The number of hydrogen-bond donors (Lipinski definition) is 4. The molecule has 4 N–H and O–H groups in total. The molecule has 0 radical (unpaired) electrons. The predicted molar refractivity (Wildman–Crippen MR) is 123 cm³/mol. The van der Waals surface area contributed by atoms with Crippen molar-refractivity contribution < 1.29 is 19.1 Å². The predicted octanol–water partition coefficient (Wildman–Crippen LogP) is 2.49. The Morgan fingerprint density at radius 3 is 2.38 bits per heavy atom. The van der Waals surface area contributed by atoms with E-state index in [2.05, 4.69) is 20.9 Å². The van der Waals surface area contributed by atoms with Crippen molar-refractivity contribution in [1.82, 2.24) is 20.9 Å². The van der Waals surface area contributed by atoms with Crippen LogP contribution in [0.3, 0.4) is 0 Å². The lowest BCUT2D eigenvalue weighted by Crippen LogP contribution is -2.53.